The third-order valence-corrected chi connectivity index (χ3v) is 6.27. The highest BCUT2D eigenvalue weighted by atomic mass is 35.5. The number of hydrogen-bond donors (Lipinski definition) is 1. The van der Waals surface area contributed by atoms with Gasteiger partial charge in [-0.25, -0.2) is 4.79 Å². The summed E-state index contributed by atoms with van der Waals surface area (Å²) in [5, 5.41) is 7.01. The Hall–Kier alpha value is -2.54. The van der Waals surface area contributed by atoms with E-state index in [4.69, 9.17) is 19.1 Å². The Morgan fingerprint density at radius 2 is 2.18 bits per heavy atom. The average Bonchev–Trinajstić information content (AvgIpc) is 3.21. The molecule has 28 heavy (non-hydrogen) atoms. The van der Waals surface area contributed by atoms with Crippen LogP contribution in [0.25, 0.3) is 0 Å². The van der Waals surface area contributed by atoms with E-state index in [-0.39, 0.29) is 17.9 Å². The van der Waals surface area contributed by atoms with Crippen LogP contribution in [0, 0.1) is 5.92 Å². The normalized spacial score (nSPS) is 31.1. The van der Waals surface area contributed by atoms with Gasteiger partial charge in [-0.05, 0) is 30.4 Å². The molecule has 5 rings (SSSR count). The van der Waals surface area contributed by atoms with E-state index in [9.17, 15) is 9.59 Å². The highest BCUT2D eigenvalue weighted by Crippen LogP contribution is 2.45. The van der Waals surface area contributed by atoms with E-state index >= 15 is 0 Å². The Morgan fingerprint density at radius 3 is 2.86 bits per heavy atom. The average molecular weight is 403 g/mol. The third-order valence-electron chi connectivity index (χ3n) is 5.96. The van der Waals surface area contributed by atoms with Crippen molar-refractivity contribution >= 4 is 23.6 Å². The number of aryl methyl sites for hydroxylation is 1. The van der Waals surface area contributed by atoms with Gasteiger partial charge in [0.25, 0.3) is 5.91 Å². The number of carbonyl (C=O) groups excluding carboxylic acids is 2. The van der Waals surface area contributed by atoms with Crippen molar-refractivity contribution in [2.75, 3.05) is 13.0 Å². The second-order valence-corrected chi connectivity index (χ2v) is 8.14. The first kappa shape index (κ1) is 15.4. The SMILES string of the molecule is [2H]C1([2H])NC(=O)OC12CC(CN1C(=O)c3ccccc3[C@H]1Cc1c(Cl)cnn1C)C2. The van der Waals surface area contributed by atoms with Crippen molar-refractivity contribution in [1.29, 1.82) is 0 Å². The fraction of sp³-hybridized carbons (Fsp3) is 0.450. The number of aromatic nitrogens is 2. The van der Waals surface area contributed by atoms with Crippen molar-refractivity contribution in [1.82, 2.24) is 20.0 Å². The maximum atomic E-state index is 13.2. The summed E-state index contributed by atoms with van der Waals surface area (Å²) in [6.07, 6.45) is 2.15. The molecule has 1 saturated carbocycles. The molecule has 8 heteroatoms. The molecule has 7 nitrogen and oxygen atoms in total. The zero-order valence-corrected chi connectivity index (χ0v) is 16.1. The number of amides is 2. The monoisotopic (exact) mass is 402 g/mol. The summed E-state index contributed by atoms with van der Waals surface area (Å²) < 4.78 is 23.1. The molecular weight excluding hydrogens is 380 g/mol. The summed E-state index contributed by atoms with van der Waals surface area (Å²) in [6, 6.07) is 7.39. The molecule has 1 aromatic heterocycles. The van der Waals surface area contributed by atoms with E-state index in [2.05, 4.69) is 10.4 Å². The maximum absolute atomic E-state index is 13.2. The van der Waals surface area contributed by atoms with Crippen LogP contribution in [0.2, 0.25) is 5.02 Å². The fourth-order valence-corrected chi connectivity index (χ4v) is 4.83. The van der Waals surface area contributed by atoms with Crippen molar-refractivity contribution in [3.8, 4) is 0 Å². The number of ether oxygens (including phenoxy) is 1. The Bertz CT molecular complexity index is 1030. The van der Waals surface area contributed by atoms with Gasteiger partial charge in [-0.3, -0.25) is 9.48 Å². The molecule has 0 unspecified atom stereocenters. The van der Waals surface area contributed by atoms with Gasteiger partial charge in [-0.15, -0.1) is 0 Å². The van der Waals surface area contributed by atoms with Gasteiger partial charge in [0.05, 0.1) is 32.2 Å². The molecule has 0 bridgehead atoms. The van der Waals surface area contributed by atoms with E-state index in [1.54, 1.807) is 10.9 Å². The van der Waals surface area contributed by atoms with E-state index in [0.717, 1.165) is 11.3 Å². The Morgan fingerprint density at radius 1 is 1.39 bits per heavy atom. The predicted molar refractivity (Wildman–Crippen MR) is 102 cm³/mol. The summed E-state index contributed by atoms with van der Waals surface area (Å²) >= 11 is 6.32. The van der Waals surface area contributed by atoms with Gasteiger partial charge in [0.1, 0.15) is 5.60 Å². The molecule has 2 aliphatic heterocycles. The molecule has 0 radical (unpaired) electrons. The van der Waals surface area contributed by atoms with Crippen LogP contribution in [0.15, 0.2) is 30.5 Å². The second kappa shape index (κ2) is 6.24. The first-order valence-electron chi connectivity index (χ1n) is 10.3. The van der Waals surface area contributed by atoms with Crippen LogP contribution in [0.4, 0.5) is 4.79 Å². The number of halogens is 1. The van der Waals surface area contributed by atoms with Crippen LogP contribution in [0.3, 0.4) is 0 Å². The van der Waals surface area contributed by atoms with E-state index < -0.39 is 18.2 Å². The number of fused-ring (bicyclic) bond motifs is 1. The first-order chi connectivity index (χ1) is 14.2. The molecule has 1 atom stereocenters. The van der Waals surface area contributed by atoms with Crippen molar-refractivity contribution in [2.24, 2.45) is 13.0 Å². The summed E-state index contributed by atoms with van der Waals surface area (Å²) in [4.78, 5) is 26.6. The maximum Gasteiger partial charge on any atom is 0.407 e. The van der Waals surface area contributed by atoms with Crippen molar-refractivity contribution in [3.63, 3.8) is 0 Å². The number of alkyl carbamates (subject to hydrolysis) is 1. The zero-order valence-electron chi connectivity index (χ0n) is 17.3. The third kappa shape index (κ3) is 2.68. The topological polar surface area (TPSA) is 76.5 Å². The van der Waals surface area contributed by atoms with Crippen LogP contribution in [0.1, 0.15) is 43.2 Å². The molecule has 1 spiro atoms. The van der Waals surface area contributed by atoms with E-state index in [1.165, 1.54) is 0 Å². The number of rotatable bonds is 4. The largest absolute Gasteiger partial charge is 0.441 e. The van der Waals surface area contributed by atoms with Crippen molar-refractivity contribution in [3.05, 3.63) is 52.3 Å². The summed E-state index contributed by atoms with van der Waals surface area (Å²) in [7, 11) is 1.83. The number of hydrogen-bond acceptors (Lipinski definition) is 4. The minimum atomic E-state index is -1.90. The van der Waals surface area contributed by atoms with Crippen LogP contribution < -0.4 is 5.32 Å². The lowest BCUT2D eigenvalue weighted by molar-refractivity contribution is -0.0555. The lowest BCUT2D eigenvalue weighted by Crippen LogP contribution is -2.51. The summed E-state index contributed by atoms with van der Waals surface area (Å²) in [6.45, 7) is -1.44. The van der Waals surface area contributed by atoms with E-state index in [1.807, 2.05) is 36.2 Å². The van der Waals surface area contributed by atoms with Gasteiger partial charge in [-0.2, -0.15) is 5.10 Å². The number of carbonyl (C=O) groups is 2. The molecule has 1 saturated heterocycles. The Kier molecular flexibility index (Phi) is 3.43. The van der Waals surface area contributed by atoms with Crippen LogP contribution in [-0.4, -0.2) is 45.3 Å². The highest BCUT2D eigenvalue weighted by molar-refractivity contribution is 6.31. The number of benzene rings is 1. The highest BCUT2D eigenvalue weighted by Gasteiger charge is 2.52. The number of nitrogens with one attached hydrogen (secondary N) is 1. The number of nitrogens with zero attached hydrogens (tertiary/aromatic N) is 3. The quantitative estimate of drug-likeness (QED) is 0.853. The molecule has 1 N–H and O–H groups in total. The van der Waals surface area contributed by atoms with Gasteiger partial charge < -0.3 is 15.0 Å². The molecular formula is C20H21ClN4O3. The molecule has 3 aliphatic rings. The van der Waals surface area contributed by atoms with Crippen molar-refractivity contribution in [2.45, 2.75) is 30.9 Å². The van der Waals surface area contributed by atoms with E-state index in [0.29, 0.717) is 36.4 Å². The van der Waals surface area contributed by atoms with Crippen LogP contribution >= 0.6 is 11.6 Å². The lowest BCUT2D eigenvalue weighted by Gasteiger charge is -2.44. The van der Waals surface area contributed by atoms with Gasteiger partial charge in [-0.1, -0.05) is 29.8 Å². The zero-order chi connectivity index (χ0) is 21.3. The molecule has 3 heterocycles. The second-order valence-electron chi connectivity index (χ2n) is 7.74. The molecule has 1 aromatic carbocycles. The summed E-state index contributed by atoms with van der Waals surface area (Å²) in [5.41, 5.74) is 1.34. The van der Waals surface area contributed by atoms with Gasteiger partial charge in [0, 0.05) is 25.6 Å². The molecule has 2 aromatic rings. The first-order valence-corrected chi connectivity index (χ1v) is 9.66. The standard InChI is InChI=1S/C20H21ClN4O3/c1-24-17(15(21)9-23-24)6-16-13-4-2-3-5-14(13)18(26)25(16)10-12-7-20(8-12)11-22-19(27)28-20/h2-5,9,12,16H,6-8,10-11H2,1H3,(H,22,27)/t12?,16-,20?/m1/s1/i11D2. The van der Waals surface area contributed by atoms with Crippen LogP contribution in [-0.2, 0) is 18.2 Å². The van der Waals surface area contributed by atoms with Gasteiger partial charge in [0.2, 0.25) is 0 Å². The molecule has 1 aliphatic carbocycles. The molecule has 2 amide bonds. The van der Waals surface area contributed by atoms with Gasteiger partial charge >= 0.3 is 6.09 Å². The minimum Gasteiger partial charge on any atom is -0.441 e. The minimum absolute atomic E-state index is 0.0375. The molecule has 2 fully saturated rings. The van der Waals surface area contributed by atoms with Crippen molar-refractivity contribution < 1.29 is 17.1 Å². The predicted octanol–water partition coefficient (Wildman–Crippen LogP) is 2.70. The van der Waals surface area contributed by atoms with Gasteiger partial charge in [0.15, 0.2) is 0 Å². The lowest BCUT2D eigenvalue weighted by atomic mass is 9.70. The summed E-state index contributed by atoms with van der Waals surface area (Å²) in [5.74, 6) is -0.00469. The fourth-order valence-electron chi connectivity index (χ4n) is 4.58. The molecule has 146 valence electrons. The Balaban J connectivity index is 1.39. The van der Waals surface area contributed by atoms with Crippen LogP contribution in [0.5, 0.6) is 0 Å². The Labute approximate surface area is 170 Å². The smallest absolute Gasteiger partial charge is 0.407 e.